The van der Waals surface area contributed by atoms with Gasteiger partial charge in [0.15, 0.2) is 0 Å². The predicted octanol–water partition coefficient (Wildman–Crippen LogP) is 2.00. The van der Waals surface area contributed by atoms with E-state index in [2.05, 4.69) is 0 Å². The summed E-state index contributed by atoms with van der Waals surface area (Å²) in [7, 11) is 0. The van der Waals surface area contributed by atoms with Crippen LogP contribution in [0.1, 0.15) is 24.8 Å². The molecule has 2 rings (SSSR count). The predicted molar refractivity (Wildman–Crippen MR) is 78.3 cm³/mol. The van der Waals surface area contributed by atoms with Gasteiger partial charge in [0.1, 0.15) is 0 Å². The van der Waals surface area contributed by atoms with Crippen molar-refractivity contribution in [3.63, 3.8) is 0 Å². The summed E-state index contributed by atoms with van der Waals surface area (Å²) in [6.07, 6.45) is 2.73. The minimum atomic E-state index is -0.308. The summed E-state index contributed by atoms with van der Waals surface area (Å²) in [5.41, 5.74) is 6.37. The Bertz CT molecular complexity index is 504. The zero-order valence-electron chi connectivity index (χ0n) is 11.3. The summed E-state index contributed by atoms with van der Waals surface area (Å²) in [5.74, 6) is -0.424. The minimum absolute atomic E-state index is 0.0796. The fourth-order valence-corrected chi connectivity index (χ4v) is 2.75. The lowest BCUT2D eigenvalue weighted by Gasteiger charge is -2.31. The SMILES string of the molecule is NC(=O)[C@@H]1CCCN(C(=O)CCc2cccc(Cl)c2)C1. The molecule has 0 radical (unpaired) electrons. The van der Waals surface area contributed by atoms with E-state index in [0.29, 0.717) is 24.4 Å². The number of primary amides is 1. The van der Waals surface area contributed by atoms with Crippen molar-refractivity contribution in [3.05, 3.63) is 34.9 Å². The Morgan fingerprint density at radius 2 is 2.20 bits per heavy atom. The van der Waals surface area contributed by atoms with Gasteiger partial charge in [-0.15, -0.1) is 0 Å². The summed E-state index contributed by atoms with van der Waals surface area (Å²) < 4.78 is 0. The van der Waals surface area contributed by atoms with Gasteiger partial charge in [0.2, 0.25) is 11.8 Å². The molecular weight excluding hydrogens is 276 g/mol. The number of benzene rings is 1. The number of piperidine rings is 1. The highest BCUT2D eigenvalue weighted by atomic mass is 35.5. The largest absolute Gasteiger partial charge is 0.369 e. The van der Waals surface area contributed by atoms with Crippen LogP contribution in [0.25, 0.3) is 0 Å². The van der Waals surface area contributed by atoms with Gasteiger partial charge < -0.3 is 10.6 Å². The normalized spacial score (nSPS) is 18.9. The molecule has 1 aromatic rings. The second-order valence-corrected chi connectivity index (χ2v) is 5.65. The molecule has 1 aliphatic rings. The molecular formula is C15H19ClN2O2. The third-order valence-electron chi connectivity index (χ3n) is 3.69. The van der Waals surface area contributed by atoms with Crippen LogP contribution in [0.2, 0.25) is 5.02 Å². The highest BCUT2D eigenvalue weighted by Crippen LogP contribution is 2.18. The van der Waals surface area contributed by atoms with Gasteiger partial charge in [-0.2, -0.15) is 0 Å². The maximum atomic E-state index is 12.2. The van der Waals surface area contributed by atoms with E-state index in [1.807, 2.05) is 24.3 Å². The fraction of sp³-hybridized carbons (Fsp3) is 0.467. The highest BCUT2D eigenvalue weighted by Gasteiger charge is 2.26. The molecule has 0 aromatic heterocycles. The molecule has 1 aliphatic heterocycles. The molecule has 2 N–H and O–H groups in total. The van der Waals surface area contributed by atoms with Crippen molar-refractivity contribution in [3.8, 4) is 0 Å². The van der Waals surface area contributed by atoms with Crippen LogP contribution in [-0.2, 0) is 16.0 Å². The van der Waals surface area contributed by atoms with Crippen molar-refractivity contribution < 1.29 is 9.59 Å². The Hall–Kier alpha value is -1.55. The molecule has 4 nitrogen and oxygen atoms in total. The van der Waals surface area contributed by atoms with E-state index >= 15 is 0 Å². The number of hydrogen-bond acceptors (Lipinski definition) is 2. The summed E-state index contributed by atoms with van der Waals surface area (Å²) in [6, 6.07) is 7.53. The van der Waals surface area contributed by atoms with Gasteiger partial charge in [0, 0.05) is 24.5 Å². The highest BCUT2D eigenvalue weighted by molar-refractivity contribution is 6.30. The van der Waals surface area contributed by atoms with Crippen LogP contribution in [0.15, 0.2) is 24.3 Å². The van der Waals surface area contributed by atoms with Crippen LogP contribution in [0.5, 0.6) is 0 Å². The van der Waals surface area contributed by atoms with Crippen molar-refractivity contribution in [2.45, 2.75) is 25.7 Å². The number of rotatable bonds is 4. The lowest BCUT2D eigenvalue weighted by Crippen LogP contribution is -2.44. The summed E-state index contributed by atoms with van der Waals surface area (Å²) in [6.45, 7) is 1.18. The quantitative estimate of drug-likeness (QED) is 0.923. The molecule has 5 heteroatoms. The van der Waals surface area contributed by atoms with Crippen LogP contribution in [-0.4, -0.2) is 29.8 Å². The standard InChI is InChI=1S/C15H19ClN2O2/c16-13-5-1-3-11(9-13)6-7-14(19)18-8-2-4-12(10-18)15(17)20/h1,3,5,9,12H,2,4,6-8,10H2,(H2,17,20)/t12-/m1/s1. The van der Waals surface area contributed by atoms with Crippen LogP contribution in [0.4, 0.5) is 0 Å². The number of aryl methyl sites for hydroxylation is 1. The van der Waals surface area contributed by atoms with Gasteiger partial charge in [-0.25, -0.2) is 0 Å². The first-order chi connectivity index (χ1) is 9.56. The molecule has 20 heavy (non-hydrogen) atoms. The van der Waals surface area contributed by atoms with Gasteiger partial charge in [0.05, 0.1) is 5.92 Å². The van der Waals surface area contributed by atoms with E-state index in [4.69, 9.17) is 17.3 Å². The number of carbonyl (C=O) groups excluding carboxylic acids is 2. The molecule has 1 atom stereocenters. The smallest absolute Gasteiger partial charge is 0.222 e. The molecule has 0 bridgehead atoms. The van der Waals surface area contributed by atoms with Crippen LogP contribution in [0, 0.1) is 5.92 Å². The third-order valence-corrected chi connectivity index (χ3v) is 3.93. The van der Waals surface area contributed by atoms with Gasteiger partial charge in [-0.05, 0) is 37.0 Å². The number of hydrogen-bond donors (Lipinski definition) is 1. The van der Waals surface area contributed by atoms with E-state index in [-0.39, 0.29) is 17.7 Å². The Kier molecular flexibility index (Phi) is 5.01. The van der Waals surface area contributed by atoms with Crippen molar-refractivity contribution in [2.24, 2.45) is 11.7 Å². The Morgan fingerprint density at radius 3 is 2.90 bits per heavy atom. The Balaban J connectivity index is 1.87. The van der Waals surface area contributed by atoms with E-state index in [1.54, 1.807) is 4.90 Å². The van der Waals surface area contributed by atoms with Gasteiger partial charge >= 0.3 is 0 Å². The average Bonchev–Trinajstić information content (AvgIpc) is 2.45. The lowest BCUT2D eigenvalue weighted by atomic mass is 9.97. The molecule has 0 spiro atoms. The van der Waals surface area contributed by atoms with Crippen LogP contribution >= 0.6 is 11.6 Å². The second-order valence-electron chi connectivity index (χ2n) is 5.21. The van der Waals surface area contributed by atoms with E-state index < -0.39 is 0 Å². The monoisotopic (exact) mass is 294 g/mol. The minimum Gasteiger partial charge on any atom is -0.369 e. The zero-order chi connectivity index (χ0) is 14.5. The third kappa shape index (κ3) is 3.97. The van der Waals surface area contributed by atoms with Crippen molar-refractivity contribution in [1.82, 2.24) is 4.90 Å². The molecule has 2 amide bonds. The fourth-order valence-electron chi connectivity index (χ4n) is 2.54. The Labute approximate surface area is 123 Å². The topological polar surface area (TPSA) is 63.4 Å². The molecule has 108 valence electrons. The number of nitrogens with two attached hydrogens (primary N) is 1. The number of nitrogens with zero attached hydrogens (tertiary/aromatic N) is 1. The summed E-state index contributed by atoms with van der Waals surface area (Å²) in [4.78, 5) is 25.1. The van der Waals surface area contributed by atoms with Crippen molar-refractivity contribution >= 4 is 23.4 Å². The first-order valence-electron chi connectivity index (χ1n) is 6.88. The van der Waals surface area contributed by atoms with Gasteiger partial charge in [-0.1, -0.05) is 23.7 Å². The molecule has 1 fully saturated rings. The van der Waals surface area contributed by atoms with E-state index in [0.717, 1.165) is 24.9 Å². The summed E-state index contributed by atoms with van der Waals surface area (Å²) in [5, 5.41) is 0.682. The molecule has 1 saturated heterocycles. The molecule has 1 aromatic carbocycles. The number of carbonyl (C=O) groups is 2. The maximum Gasteiger partial charge on any atom is 0.222 e. The number of amides is 2. The molecule has 0 aliphatic carbocycles. The second kappa shape index (κ2) is 6.75. The van der Waals surface area contributed by atoms with E-state index in [9.17, 15) is 9.59 Å². The Morgan fingerprint density at radius 1 is 1.40 bits per heavy atom. The van der Waals surface area contributed by atoms with Gasteiger partial charge in [0.25, 0.3) is 0 Å². The lowest BCUT2D eigenvalue weighted by molar-refractivity contribution is -0.134. The number of halogens is 1. The summed E-state index contributed by atoms with van der Waals surface area (Å²) >= 11 is 5.92. The van der Waals surface area contributed by atoms with Crippen LogP contribution in [0.3, 0.4) is 0 Å². The first-order valence-corrected chi connectivity index (χ1v) is 7.25. The van der Waals surface area contributed by atoms with Crippen molar-refractivity contribution in [2.75, 3.05) is 13.1 Å². The average molecular weight is 295 g/mol. The zero-order valence-corrected chi connectivity index (χ0v) is 12.1. The maximum absolute atomic E-state index is 12.2. The molecule has 1 heterocycles. The first kappa shape index (κ1) is 14.9. The molecule has 0 saturated carbocycles. The van der Waals surface area contributed by atoms with Crippen LogP contribution < -0.4 is 5.73 Å². The molecule has 0 unspecified atom stereocenters. The van der Waals surface area contributed by atoms with Crippen molar-refractivity contribution in [1.29, 1.82) is 0 Å². The van der Waals surface area contributed by atoms with E-state index in [1.165, 1.54) is 0 Å². The number of likely N-dealkylation sites (tertiary alicyclic amines) is 1. The van der Waals surface area contributed by atoms with Gasteiger partial charge in [-0.3, -0.25) is 9.59 Å².